The molecule has 1 aliphatic heterocycles. The molecule has 0 aliphatic carbocycles. The van der Waals surface area contributed by atoms with Crippen molar-refractivity contribution in [2.75, 3.05) is 19.7 Å². The van der Waals surface area contributed by atoms with E-state index in [4.69, 9.17) is 10.5 Å². The number of rotatable bonds is 5. The van der Waals surface area contributed by atoms with Crippen LogP contribution in [0.25, 0.3) is 0 Å². The number of hydrogen-bond acceptors (Lipinski definition) is 3. The van der Waals surface area contributed by atoms with Crippen molar-refractivity contribution in [2.45, 2.75) is 45.3 Å². The van der Waals surface area contributed by atoms with Gasteiger partial charge in [0.25, 0.3) is 0 Å². The average Bonchev–Trinajstić information content (AvgIpc) is 2.52. The van der Waals surface area contributed by atoms with Crippen LogP contribution < -0.4 is 11.1 Å². The summed E-state index contributed by atoms with van der Waals surface area (Å²) in [5.41, 5.74) is 5.86. The zero-order valence-electron chi connectivity index (χ0n) is 9.68. The summed E-state index contributed by atoms with van der Waals surface area (Å²) in [6, 6.07) is 0.264. The van der Waals surface area contributed by atoms with E-state index in [1.807, 2.05) is 0 Å². The van der Waals surface area contributed by atoms with Gasteiger partial charge in [-0.05, 0) is 39.2 Å². The summed E-state index contributed by atoms with van der Waals surface area (Å²) in [7, 11) is 0. The van der Waals surface area contributed by atoms with Crippen LogP contribution in [0.3, 0.4) is 0 Å². The highest BCUT2D eigenvalue weighted by Gasteiger charge is 2.29. The highest BCUT2D eigenvalue weighted by atomic mass is 16.5. The molecule has 14 heavy (non-hydrogen) atoms. The molecule has 1 saturated heterocycles. The first-order chi connectivity index (χ1) is 6.53. The molecule has 3 unspecified atom stereocenters. The molecule has 3 heteroatoms. The Morgan fingerprint density at radius 1 is 1.50 bits per heavy atom. The largest absolute Gasteiger partial charge is 0.374 e. The lowest BCUT2D eigenvalue weighted by Crippen LogP contribution is -2.41. The molecule has 3 N–H and O–H groups in total. The van der Waals surface area contributed by atoms with Gasteiger partial charge in [-0.3, -0.25) is 0 Å². The lowest BCUT2D eigenvalue weighted by molar-refractivity contribution is 0.0203. The fraction of sp³-hybridized carbons (Fsp3) is 1.00. The van der Waals surface area contributed by atoms with Crippen molar-refractivity contribution in [3.05, 3.63) is 0 Å². The van der Waals surface area contributed by atoms with E-state index >= 15 is 0 Å². The van der Waals surface area contributed by atoms with Crippen LogP contribution in [-0.2, 0) is 4.74 Å². The second-order valence-corrected chi connectivity index (χ2v) is 4.87. The van der Waals surface area contributed by atoms with Gasteiger partial charge in [0.05, 0.1) is 5.60 Å². The Morgan fingerprint density at radius 2 is 2.21 bits per heavy atom. The van der Waals surface area contributed by atoms with Crippen molar-refractivity contribution < 1.29 is 4.74 Å². The topological polar surface area (TPSA) is 47.3 Å². The molecule has 0 aromatic rings. The highest BCUT2D eigenvalue weighted by Crippen LogP contribution is 2.23. The summed E-state index contributed by atoms with van der Waals surface area (Å²) in [5.74, 6) is 0.528. The molecular formula is C11H24N2O. The zero-order valence-corrected chi connectivity index (χ0v) is 9.68. The van der Waals surface area contributed by atoms with Gasteiger partial charge in [-0.25, -0.2) is 0 Å². The molecule has 3 atom stereocenters. The first kappa shape index (κ1) is 12.0. The third kappa shape index (κ3) is 3.56. The number of nitrogens with two attached hydrogens (primary N) is 1. The van der Waals surface area contributed by atoms with Gasteiger partial charge in [-0.15, -0.1) is 0 Å². The van der Waals surface area contributed by atoms with E-state index in [0.29, 0.717) is 5.92 Å². The lowest BCUT2D eigenvalue weighted by atomic mass is 10.0. The third-order valence-electron chi connectivity index (χ3n) is 3.16. The van der Waals surface area contributed by atoms with Crippen LogP contribution in [0.15, 0.2) is 0 Å². The van der Waals surface area contributed by atoms with E-state index in [1.165, 1.54) is 12.8 Å². The Bertz CT molecular complexity index is 165. The van der Waals surface area contributed by atoms with E-state index in [2.05, 4.69) is 26.1 Å². The molecule has 3 nitrogen and oxygen atoms in total. The van der Waals surface area contributed by atoms with Crippen molar-refractivity contribution in [1.29, 1.82) is 0 Å². The minimum atomic E-state index is 0.0670. The van der Waals surface area contributed by atoms with Crippen LogP contribution in [0.2, 0.25) is 0 Å². The molecule has 0 saturated carbocycles. The second kappa shape index (κ2) is 5.10. The van der Waals surface area contributed by atoms with Gasteiger partial charge in [0, 0.05) is 19.2 Å². The van der Waals surface area contributed by atoms with Gasteiger partial charge < -0.3 is 15.8 Å². The van der Waals surface area contributed by atoms with E-state index in [1.54, 1.807) is 0 Å². The van der Waals surface area contributed by atoms with Gasteiger partial charge >= 0.3 is 0 Å². The predicted octanol–water partition coefficient (Wildman–Crippen LogP) is 1.13. The molecule has 1 aliphatic rings. The van der Waals surface area contributed by atoms with Gasteiger partial charge in [-0.1, -0.05) is 6.92 Å². The Balaban J connectivity index is 2.14. The molecule has 0 aromatic heterocycles. The first-order valence-corrected chi connectivity index (χ1v) is 5.64. The van der Waals surface area contributed by atoms with Crippen LogP contribution in [0.5, 0.6) is 0 Å². The molecule has 0 amide bonds. The summed E-state index contributed by atoms with van der Waals surface area (Å²) < 4.78 is 5.69. The van der Waals surface area contributed by atoms with E-state index < -0.39 is 0 Å². The Morgan fingerprint density at radius 3 is 2.71 bits per heavy atom. The Hall–Kier alpha value is -0.120. The van der Waals surface area contributed by atoms with E-state index in [-0.39, 0.29) is 11.6 Å². The monoisotopic (exact) mass is 200 g/mol. The molecule has 1 heterocycles. The third-order valence-corrected chi connectivity index (χ3v) is 3.16. The summed E-state index contributed by atoms with van der Waals surface area (Å²) in [5, 5.41) is 3.44. The van der Waals surface area contributed by atoms with Gasteiger partial charge in [0.15, 0.2) is 0 Å². The highest BCUT2D eigenvalue weighted by molar-refractivity contribution is 4.82. The lowest BCUT2D eigenvalue weighted by Gasteiger charge is -2.25. The van der Waals surface area contributed by atoms with Gasteiger partial charge in [-0.2, -0.15) is 0 Å². The van der Waals surface area contributed by atoms with Crippen molar-refractivity contribution in [3.8, 4) is 0 Å². The molecular weight excluding hydrogens is 176 g/mol. The molecule has 84 valence electrons. The smallest absolute Gasteiger partial charge is 0.0779 e. The quantitative estimate of drug-likeness (QED) is 0.699. The molecule has 1 rings (SSSR count). The van der Waals surface area contributed by atoms with Crippen LogP contribution >= 0.6 is 0 Å². The summed E-state index contributed by atoms with van der Waals surface area (Å²) in [4.78, 5) is 0. The zero-order chi connectivity index (χ0) is 10.6. The van der Waals surface area contributed by atoms with Gasteiger partial charge in [0.2, 0.25) is 0 Å². The minimum Gasteiger partial charge on any atom is -0.374 e. The first-order valence-electron chi connectivity index (χ1n) is 5.64. The molecule has 1 fully saturated rings. The van der Waals surface area contributed by atoms with E-state index in [9.17, 15) is 0 Å². The fourth-order valence-electron chi connectivity index (χ4n) is 1.73. The number of hydrogen-bond donors (Lipinski definition) is 2. The maximum Gasteiger partial charge on any atom is 0.0779 e. The van der Waals surface area contributed by atoms with Crippen molar-refractivity contribution in [2.24, 2.45) is 11.7 Å². The summed E-state index contributed by atoms with van der Waals surface area (Å²) >= 11 is 0. The van der Waals surface area contributed by atoms with Gasteiger partial charge in [0.1, 0.15) is 0 Å². The van der Waals surface area contributed by atoms with Crippen LogP contribution in [-0.4, -0.2) is 31.3 Å². The predicted molar refractivity (Wildman–Crippen MR) is 59.3 cm³/mol. The SMILES string of the molecule is CC(N)C(C)CNCC1(C)CCCO1. The van der Waals surface area contributed by atoms with Crippen LogP contribution in [0.1, 0.15) is 33.6 Å². The second-order valence-electron chi connectivity index (χ2n) is 4.87. The minimum absolute atomic E-state index is 0.0670. The maximum absolute atomic E-state index is 5.79. The fourth-order valence-corrected chi connectivity index (χ4v) is 1.73. The average molecular weight is 200 g/mol. The Kier molecular flexibility index (Phi) is 4.35. The van der Waals surface area contributed by atoms with E-state index in [0.717, 1.165) is 19.7 Å². The number of nitrogens with one attached hydrogen (secondary N) is 1. The molecule has 0 bridgehead atoms. The van der Waals surface area contributed by atoms with Crippen molar-refractivity contribution >= 4 is 0 Å². The molecule has 0 aromatic carbocycles. The van der Waals surface area contributed by atoms with Crippen LogP contribution in [0, 0.1) is 5.92 Å². The normalized spacial score (nSPS) is 31.7. The number of ether oxygens (including phenoxy) is 1. The van der Waals surface area contributed by atoms with Crippen LogP contribution in [0.4, 0.5) is 0 Å². The summed E-state index contributed by atoms with van der Waals surface area (Å²) in [6.07, 6.45) is 2.37. The van der Waals surface area contributed by atoms with Crippen molar-refractivity contribution in [3.63, 3.8) is 0 Å². The molecule has 0 spiro atoms. The summed E-state index contributed by atoms with van der Waals surface area (Å²) in [6.45, 7) is 9.26. The standard InChI is InChI=1S/C11H24N2O/c1-9(10(2)12)7-13-8-11(3)5-4-6-14-11/h9-10,13H,4-8,12H2,1-3H3. The maximum atomic E-state index is 5.79. The van der Waals surface area contributed by atoms with Crippen molar-refractivity contribution in [1.82, 2.24) is 5.32 Å². The Labute approximate surface area is 87.4 Å². The molecule has 0 radical (unpaired) electrons.